The van der Waals surface area contributed by atoms with Crippen molar-refractivity contribution in [2.24, 2.45) is 0 Å². The second-order valence-corrected chi connectivity index (χ2v) is 6.05. The molecule has 2 heterocycles. The maximum absolute atomic E-state index is 12.5. The van der Waals surface area contributed by atoms with E-state index in [1.807, 2.05) is 6.92 Å². The van der Waals surface area contributed by atoms with Gasteiger partial charge in [-0.15, -0.1) is 0 Å². The van der Waals surface area contributed by atoms with Gasteiger partial charge in [0.15, 0.2) is 0 Å². The van der Waals surface area contributed by atoms with E-state index in [-0.39, 0.29) is 4.90 Å². The van der Waals surface area contributed by atoms with E-state index in [0.717, 1.165) is 0 Å². The lowest BCUT2D eigenvalue weighted by molar-refractivity contribution is 0.594. The molecule has 0 aliphatic carbocycles. The van der Waals surface area contributed by atoms with Crippen molar-refractivity contribution in [3.05, 3.63) is 42.9 Å². The highest BCUT2D eigenvalue weighted by atomic mass is 32.2. The summed E-state index contributed by atoms with van der Waals surface area (Å²) in [5.74, 6) is 0.539. The molecule has 0 aromatic carbocycles. The molecule has 0 bridgehead atoms. The molecule has 20 heavy (non-hydrogen) atoms. The van der Waals surface area contributed by atoms with Crippen LogP contribution in [0.1, 0.15) is 6.92 Å². The Kier molecular flexibility index (Phi) is 4.19. The highest BCUT2D eigenvalue weighted by Gasteiger charge is 2.21. The van der Waals surface area contributed by atoms with Gasteiger partial charge >= 0.3 is 0 Å². The molecular formula is C13H16N4O2S. The first-order valence-electron chi connectivity index (χ1n) is 6.14. The van der Waals surface area contributed by atoms with E-state index in [1.54, 1.807) is 24.5 Å². The fraction of sp³-hybridized carbons (Fsp3) is 0.231. The van der Waals surface area contributed by atoms with Crippen LogP contribution in [0, 0.1) is 0 Å². The van der Waals surface area contributed by atoms with E-state index in [1.165, 1.54) is 29.7 Å². The molecule has 2 aromatic heterocycles. The van der Waals surface area contributed by atoms with Gasteiger partial charge in [-0.25, -0.2) is 13.4 Å². The second kappa shape index (κ2) is 5.87. The Morgan fingerprint density at radius 3 is 2.55 bits per heavy atom. The molecular weight excluding hydrogens is 276 g/mol. The minimum Gasteiger partial charge on any atom is -0.370 e. The van der Waals surface area contributed by atoms with Crippen molar-refractivity contribution >= 4 is 21.5 Å². The van der Waals surface area contributed by atoms with Gasteiger partial charge in [0.1, 0.15) is 5.82 Å². The summed E-state index contributed by atoms with van der Waals surface area (Å²) in [5, 5.41) is 2.99. The van der Waals surface area contributed by atoms with Crippen LogP contribution in [0.5, 0.6) is 0 Å². The smallest absolute Gasteiger partial charge is 0.264 e. The summed E-state index contributed by atoms with van der Waals surface area (Å²) in [6.45, 7) is 2.60. The van der Waals surface area contributed by atoms with Crippen LogP contribution in [0.15, 0.2) is 47.8 Å². The summed E-state index contributed by atoms with van der Waals surface area (Å²) in [7, 11) is -2.10. The van der Waals surface area contributed by atoms with Gasteiger partial charge in [-0.1, -0.05) is 0 Å². The third-order valence-electron chi connectivity index (χ3n) is 2.77. The summed E-state index contributed by atoms with van der Waals surface area (Å²) in [4.78, 5) is 8.15. The number of aromatic nitrogens is 2. The Labute approximate surface area is 118 Å². The summed E-state index contributed by atoms with van der Waals surface area (Å²) < 4.78 is 26.3. The van der Waals surface area contributed by atoms with Crippen LogP contribution in [-0.4, -0.2) is 32.0 Å². The number of anilines is 2. The number of hydrogen-bond acceptors (Lipinski definition) is 5. The normalized spacial score (nSPS) is 11.1. The Morgan fingerprint density at radius 2 is 1.90 bits per heavy atom. The molecule has 0 saturated carbocycles. The second-order valence-electron chi connectivity index (χ2n) is 4.09. The SMILES string of the molecule is CCNc1cc(S(=O)(=O)N(C)c2ccncc2)ccn1. The average Bonchev–Trinajstić information content (AvgIpc) is 2.48. The first-order chi connectivity index (χ1) is 9.55. The van der Waals surface area contributed by atoms with Gasteiger partial charge in [0, 0.05) is 38.2 Å². The minimum absolute atomic E-state index is 0.197. The zero-order valence-corrected chi connectivity index (χ0v) is 12.1. The predicted molar refractivity (Wildman–Crippen MR) is 78.2 cm³/mol. The zero-order valence-electron chi connectivity index (χ0n) is 11.3. The summed E-state index contributed by atoms with van der Waals surface area (Å²) in [6, 6.07) is 6.29. The van der Waals surface area contributed by atoms with Crippen molar-refractivity contribution in [1.29, 1.82) is 0 Å². The monoisotopic (exact) mass is 292 g/mol. The van der Waals surface area contributed by atoms with Crippen molar-refractivity contribution in [3.8, 4) is 0 Å². The molecule has 7 heteroatoms. The predicted octanol–water partition coefficient (Wildman–Crippen LogP) is 1.73. The highest BCUT2D eigenvalue weighted by molar-refractivity contribution is 7.92. The summed E-state index contributed by atoms with van der Waals surface area (Å²) in [6.07, 6.45) is 4.58. The Balaban J connectivity index is 2.37. The van der Waals surface area contributed by atoms with Crippen molar-refractivity contribution in [1.82, 2.24) is 9.97 Å². The van der Waals surface area contributed by atoms with E-state index in [2.05, 4.69) is 15.3 Å². The van der Waals surface area contributed by atoms with E-state index in [0.29, 0.717) is 18.1 Å². The average molecular weight is 292 g/mol. The Hall–Kier alpha value is -2.15. The van der Waals surface area contributed by atoms with E-state index in [4.69, 9.17) is 0 Å². The number of nitrogens with one attached hydrogen (secondary N) is 1. The molecule has 0 fully saturated rings. The first-order valence-corrected chi connectivity index (χ1v) is 7.58. The summed E-state index contributed by atoms with van der Waals surface area (Å²) >= 11 is 0. The molecule has 0 unspecified atom stereocenters. The molecule has 0 amide bonds. The molecule has 0 spiro atoms. The fourth-order valence-corrected chi connectivity index (χ4v) is 2.91. The Bertz CT molecular complexity index is 674. The highest BCUT2D eigenvalue weighted by Crippen LogP contribution is 2.22. The minimum atomic E-state index is -3.61. The third-order valence-corrected chi connectivity index (χ3v) is 4.56. The topological polar surface area (TPSA) is 75.2 Å². The third kappa shape index (κ3) is 2.88. The molecule has 0 saturated heterocycles. The lowest BCUT2D eigenvalue weighted by Gasteiger charge is -2.19. The lowest BCUT2D eigenvalue weighted by Crippen LogP contribution is -2.26. The van der Waals surface area contributed by atoms with Gasteiger partial charge in [0.25, 0.3) is 10.0 Å². The Morgan fingerprint density at radius 1 is 1.20 bits per heavy atom. The van der Waals surface area contributed by atoms with Gasteiger partial charge < -0.3 is 5.32 Å². The van der Waals surface area contributed by atoms with Gasteiger partial charge in [-0.05, 0) is 25.1 Å². The first kappa shape index (κ1) is 14.3. The van der Waals surface area contributed by atoms with Gasteiger partial charge in [-0.2, -0.15) is 0 Å². The summed E-state index contributed by atoms with van der Waals surface area (Å²) in [5.41, 5.74) is 0.557. The van der Waals surface area contributed by atoms with Crippen molar-refractivity contribution in [2.75, 3.05) is 23.2 Å². The largest absolute Gasteiger partial charge is 0.370 e. The van der Waals surface area contributed by atoms with Crippen LogP contribution in [0.4, 0.5) is 11.5 Å². The van der Waals surface area contributed by atoms with Crippen LogP contribution < -0.4 is 9.62 Å². The van der Waals surface area contributed by atoms with E-state index in [9.17, 15) is 8.42 Å². The molecule has 0 radical (unpaired) electrons. The van der Waals surface area contributed by atoms with E-state index >= 15 is 0 Å². The number of pyridine rings is 2. The molecule has 0 aliphatic rings. The van der Waals surface area contributed by atoms with Crippen molar-refractivity contribution in [2.45, 2.75) is 11.8 Å². The number of sulfonamides is 1. The molecule has 1 N–H and O–H groups in total. The van der Waals surface area contributed by atoms with Crippen molar-refractivity contribution in [3.63, 3.8) is 0 Å². The molecule has 2 rings (SSSR count). The van der Waals surface area contributed by atoms with Crippen LogP contribution >= 0.6 is 0 Å². The van der Waals surface area contributed by atoms with Crippen LogP contribution in [0.3, 0.4) is 0 Å². The maximum Gasteiger partial charge on any atom is 0.264 e. The maximum atomic E-state index is 12.5. The standard InChI is InChI=1S/C13H16N4O2S/c1-3-15-13-10-12(6-9-16-13)20(18,19)17(2)11-4-7-14-8-5-11/h4-10H,3H2,1-2H3,(H,15,16). The van der Waals surface area contributed by atoms with E-state index < -0.39 is 10.0 Å². The van der Waals surface area contributed by atoms with Gasteiger partial charge in [0.05, 0.1) is 10.6 Å². The molecule has 2 aromatic rings. The zero-order chi connectivity index (χ0) is 14.6. The molecule has 0 aliphatic heterocycles. The number of hydrogen-bond donors (Lipinski definition) is 1. The van der Waals surface area contributed by atoms with Gasteiger partial charge in [-0.3, -0.25) is 9.29 Å². The van der Waals surface area contributed by atoms with Crippen molar-refractivity contribution < 1.29 is 8.42 Å². The molecule has 0 atom stereocenters. The van der Waals surface area contributed by atoms with Crippen LogP contribution in [0.2, 0.25) is 0 Å². The van der Waals surface area contributed by atoms with Crippen LogP contribution in [-0.2, 0) is 10.0 Å². The number of rotatable bonds is 5. The molecule has 106 valence electrons. The van der Waals surface area contributed by atoms with Gasteiger partial charge in [0.2, 0.25) is 0 Å². The molecule has 6 nitrogen and oxygen atoms in total. The number of nitrogens with zero attached hydrogens (tertiary/aromatic N) is 3. The fourth-order valence-electron chi connectivity index (χ4n) is 1.70. The lowest BCUT2D eigenvalue weighted by atomic mass is 10.4. The van der Waals surface area contributed by atoms with Crippen LogP contribution in [0.25, 0.3) is 0 Å². The quantitative estimate of drug-likeness (QED) is 0.908.